The Morgan fingerprint density at radius 3 is 2.27 bits per heavy atom. The summed E-state index contributed by atoms with van der Waals surface area (Å²) in [6, 6.07) is 22.0. The number of nitrogens with zero attached hydrogens (tertiary/aromatic N) is 2. The zero-order valence-corrected chi connectivity index (χ0v) is 27.5. The number of halogens is 1. The van der Waals surface area contributed by atoms with E-state index in [1.165, 1.54) is 17.0 Å². The number of hydrogen-bond acceptors (Lipinski definition) is 4. The fourth-order valence-electron chi connectivity index (χ4n) is 5.81. The molecule has 1 aliphatic carbocycles. The van der Waals surface area contributed by atoms with E-state index in [1.54, 1.807) is 17.0 Å². The minimum absolute atomic E-state index is 0.0828. The molecule has 1 saturated carbocycles. The SMILES string of the molecule is Cc1ccc(N(CCCC(=O)N(Cc2cccc(Cl)c2)[C@H](Cc2ccccc2)C(=O)NC2CCCCC2)S(C)(=O)=O)cc1C. The lowest BCUT2D eigenvalue weighted by Gasteiger charge is -2.34. The number of nitrogens with one attached hydrogen (secondary N) is 1. The van der Waals surface area contributed by atoms with Crippen molar-refractivity contribution in [3.8, 4) is 0 Å². The number of carbonyl (C=O) groups is 2. The van der Waals surface area contributed by atoms with Gasteiger partial charge in [-0.25, -0.2) is 8.42 Å². The van der Waals surface area contributed by atoms with Gasteiger partial charge in [0.15, 0.2) is 0 Å². The minimum Gasteiger partial charge on any atom is -0.352 e. The zero-order valence-electron chi connectivity index (χ0n) is 26.0. The van der Waals surface area contributed by atoms with Crippen molar-refractivity contribution in [2.75, 3.05) is 17.1 Å². The van der Waals surface area contributed by atoms with Gasteiger partial charge in [-0.15, -0.1) is 0 Å². The highest BCUT2D eigenvalue weighted by Crippen LogP contribution is 2.24. The molecule has 0 radical (unpaired) electrons. The number of aryl methyl sites for hydroxylation is 2. The topological polar surface area (TPSA) is 86.8 Å². The van der Waals surface area contributed by atoms with E-state index in [0.29, 0.717) is 23.6 Å². The maximum absolute atomic E-state index is 14.1. The lowest BCUT2D eigenvalue weighted by molar-refractivity contribution is -0.141. The van der Waals surface area contributed by atoms with Gasteiger partial charge in [-0.2, -0.15) is 0 Å². The number of carbonyl (C=O) groups excluding carboxylic acids is 2. The van der Waals surface area contributed by atoms with Crippen LogP contribution >= 0.6 is 11.6 Å². The van der Waals surface area contributed by atoms with E-state index in [4.69, 9.17) is 11.6 Å². The fraction of sp³-hybridized carbons (Fsp3) is 0.429. The largest absolute Gasteiger partial charge is 0.352 e. The molecule has 0 aromatic heterocycles. The molecule has 1 fully saturated rings. The summed E-state index contributed by atoms with van der Waals surface area (Å²) in [5.41, 5.74) is 4.42. The Bertz CT molecular complexity index is 1520. The fourth-order valence-corrected chi connectivity index (χ4v) is 6.99. The third-order valence-corrected chi connectivity index (χ3v) is 9.82. The highest BCUT2D eigenvalue weighted by molar-refractivity contribution is 7.92. The summed E-state index contributed by atoms with van der Waals surface area (Å²) >= 11 is 6.30. The molecule has 1 aliphatic rings. The number of sulfonamides is 1. The summed E-state index contributed by atoms with van der Waals surface area (Å²) in [5.74, 6) is -0.373. The van der Waals surface area contributed by atoms with Crippen LogP contribution in [0.4, 0.5) is 5.69 Å². The van der Waals surface area contributed by atoms with Crippen molar-refractivity contribution in [2.45, 2.75) is 83.8 Å². The molecule has 9 heteroatoms. The molecule has 236 valence electrons. The highest BCUT2D eigenvalue weighted by Gasteiger charge is 2.32. The van der Waals surface area contributed by atoms with Crippen molar-refractivity contribution in [3.63, 3.8) is 0 Å². The molecule has 3 aromatic rings. The Morgan fingerprint density at radius 1 is 0.909 bits per heavy atom. The van der Waals surface area contributed by atoms with Crippen LogP contribution in [0.25, 0.3) is 0 Å². The average Bonchev–Trinajstić information content (AvgIpc) is 2.99. The van der Waals surface area contributed by atoms with Crippen molar-refractivity contribution < 1.29 is 18.0 Å². The van der Waals surface area contributed by atoms with Gasteiger partial charge in [-0.3, -0.25) is 13.9 Å². The van der Waals surface area contributed by atoms with Gasteiger partial charge in [-0.1, -0.05) is 79.4 Å². The lowest BCUT2D eigenvalue weighted by atomic mass is 9.94. The predicted octanol–water partition coefficient (Wildman–Crippen LogP) is 6.59. The monoisotopic (exact) mass is 637 g/mol. The Labute approximate surface area is 267 Å². The van der Waals surface area contributed by atoms with Crippen LogP contribution in [0, 0.1) is 13.8 Å². The van der Waals surface area contributed by atoms with Crippen LogP contribution in [0.3, 0.4) is 0 Å². The first-order valence-corrected chi connectivity index (χ1v) is 17.7. The Morgan fingerprint density at radius 2 is 1.61 bits per heavy atom. The van der Waals surface area contributed by atoms with E-state index in [1.807, 2.05) is 74.5 Å². The second-order valence-electron chi connectivity index (χ2n) is 11.9. The van der Waals surface area contributed by atoms with Gasteiger partial charge in [0.1, 0.15) is 6.04 Å². The van der Waals surface area contributed by atoms with E-state index in [2.05, 4.69) is 5.32 Å². The number of anilines is 1. The lowest BCUT2D eigenvalue weighted by Crippen LogP contribution is -2.52. The van der Waals surface area contributed by atoms with Gasteiger partial charge in [0.2, 0.25) is 21.8 Å². The van der Waals surface area contributed by atoms with Crippen molar-refractivity contribution in [2.24, 2.45) is 0 Å². The molecule has 0 heterocycles. The number of benzene rings is 3. The number of rotatable bonds is 13. The molecule has 0 bridgehead atoms. The van der Waals surface area contributed by atoms with Crippen LogP contribution in [-0.2, 0) is 32.6 Å². The molecule has 0 spiro atoms. The third kappa shape index (κ3) is 9.57. The highest BCUT2D eigenvalue weighted by atomic mass is 35.5. The van der Waals surface area contributed by atoms with Gasteiger partial charge in [0.05, 0.1) is 11.9 Å². The summed E-state index contributed by atoms with van der Waals surface area (Å²) in [5, 5.41) is 3.80. The maximum atomic E-state index is 14.1. The quantitative estimate of drug-likeness (QED) is 0.229. The molecule has 44 heavy (non-hydrogen) atoms. The molecule has 1 N–H and O–H groups in total. The second kappa shape index (κ2) is 15.6. The van der Waals surface area contributed by atoms with Crippen LogP contribution in [0.2, 0.25) is 5.02 Å². The maximum Gasteiger partial charge on any atom is 0.243 e. The van der Waals surface area contributed by atoms with Crippen molar-refractivity contribution in [1.29, 1.82) is 0 Å². The molecular weight excluding hydrogens is 594 g/mol. The molecule has 1 atom stereocenters. The van der Waals surface area contributed by atoms with Crippen LogP contribution in [-0.4, -0.2) is 50.0 Å². The normalized spacial score (nSPS) is 14.5. The second-order valence-corrected chi connectivity index (χ2v) is 14.3. The first-order valence-electron chi connectivity index (χ1n) is 15.4. The summed E-state index contributed by atoms with van der Waals surface area (Å²) < 4.78 is 26.9. The predicted molar refractivity (Wildman–Crippen MR) is 178 cm³/mol. The van der Waals surface area contributed by atoms with Crippen molar-refractivity contribution in [1.82, 2.24) is 10.2 Å². The van der Waals surface area contributed by atoms with E-state index in [-0.39, 0.29) is 37.4 Å². The molecular formula is C35H44ClN3O4S. The third-order valence-electron chi connectivity index (χ3n) is 8.40. The van der Waals surface area contributed by atoms with E-state index in [0.717, 1.165) is 47.9 Å². The van der Waals surface area contributed by atoms with E-state index < -0.39 is 16.1 Å². The van der Waals surface area contributed by atoms with Crippen LogP contribution in [0.5, 0.6) is 0 Å². The summed E-state index contributed by atoms with van der Waals surface area (Å²) in [6.45, 7) is 4.28. The smallest absolute Gasteiger partial charge is 0.243 e. The van der Waals surface area contributed by atoms with Gasteiger partial charge >= 0.3 is 0 Å². The molecule has 0 aliphatic heterocycles. The van der Waals surface area contributed by atoms with Crippen LogP contribution in [0.1, 0.15) is 67.2 Å². The van der Waals surface area contributed by atoms with Crippen molar-refractivity contribution >= 4 is 39.1 Å². The van der Waals surface area contributed by atoms with E-state index >= 15 is 0 Å². The van der Waals surface area contributed by atoms with E-state index in [9.17, 15) is 18.0 Å². The molecule has 2 amide bonds. The molecule has 7 nitrogen and oxygen atoms in total. The zero-order chi connectivity index (χ0) is 31.7. The molecule has 3 aromatic carbocycles. The van der Waals surface area contributed by atoms with Crippen LogP contribution < -0.4 is 9.62 Å². The molecule has 4 rings (SSSR count). The Hall–Kier alpha value is -3.36. The first kappa shape index (κ1) is 33.5. The van der Waals surface area contributed by atoms with Gasteiger partial charge in [0.25, 0.3) is 0 Å². The number of hydrogen-bond donors (Lipinski definition) is 1. The van der Waals surface area contributed by atoms with Crippen LogP contribution in [0.15, 0.2) is 72.8 Å². The summed E-state index contributed by atoms with van der Waals surface area (Å²) in [6.07, 6.45) is 7.13. The molecule has 0 saturated heterocycles. The first-order chi connectivity index (χ1) is 21.0. The van der Waals surface area contributed by atoms with Crippen molar-refractivity contribution in [3.05, 3.63) is 100 Å². The summed E-state index contributed by atoms with van der Waals surface area (Å²) in [7, 11) is -3.58. The Kier molecular flexibility index (Phi) is 11.9. The summed E-state index contributed by atoms with van der Waals surface area (Å²) in [4.78, 5) is 29.7. The minimum atomic E-state index is -3.58. The standard InChI is InChI=1S/C35H44ClN3O4S/c1-26-19-20-32(22-27(26)2)39(44(3,42)43)21-11-18-34(40)38(25-29-14-10-15-30(36)23-29)33(24-28-12-6-4-7-13-28)35(41)37-31-16-8-5-9-17-31/h4,6-7,10,12-15,19-20,22-23,31,33H,5,8-9,11,16-18,21,24-25H2,1-3H3,(H,37,41)/t33-/m1/s1. The van der Waals surface area contributed by atoms with Gasteiger partial charge in [-0.05, 0) is 79.6 Å². The van der Waals surface area contributed by atoms with Gasteiger partial charge < -0.3 is 10.2 Å². The average molecular weight is 638 g/mol. The van der Waals surface area contributed by atoms with Gasteiger partial charge in [0, 0.05) is 37.0 Å². The molecule has 0 unspecified atom stereocenters. The number of amides is 2. The Balaban J connectivity index is 1.59.